The molecule has 1 atom stereocenters. The molecule has 1 fully saturated rings. The summed E-state index contributed by atoms with van der Waals surface area (Å²) < 4.78 is 18.8. The van der Waals surface area contributed by atoms with E-state index in [0.29, 0.717) is 30.9 Å². The zero-order valence-electron chi connectivity index (χ0n) is 13.6. The molecule has 0 amide bonds. The van der Waals surface area contributed by atoms with Crippen LogP contribution in [0.5, 0.6) is 0 Å². The van der Waals surface area contributed by atoms with E-state index in [-0.39, 0.29) is 23.4 Å². The zero-order chi connectivity index (χ0) is 18.0. The van der Waals surface area contributed by atoms with E-state index in [9.17, 15) is 19.3 Å². The molecule has 6 nitrogen and oxygen atoms in total. The number of hydrogen-bond acceptors (Lipinski definition) is 5. The van der Waals surface area contributed by atoms with E-state index >= 15 is 0 Å². The Morgan fingerprint density at radius 2 is 2.00 bits per heavy atom. The zero-order valence-corrected chi connectivity index (χ0v) is 13.6. The van der Waals surface area contributed by atoms with Gasteiger partial charge in [-0.15, -0.1) is 0 Å². The number of morpholine rings is 1. The summed E-state index contributed by atoms with van der Waals surface area (Å²) in [6.07, 6.45) is -0.304. The minimum atomic E-state index is -0.482. The summed E-state index contributed by atoms with van der Waals surface area (Å²) in [6.45, 7) is 2.68. The third-order valence-corrected chi connectivity index (χ3v) is 4.23. The van der Waals surface area contributed by atoms with E-state index in [1.54, 1.807) is 24.3 Å². The summed E-state index contributed by atoms with van der Waals surface area (Å²) in [4.78, 5) is 24.3. The largest absolute Gasteiger partial charge is 0.370 e. The molecule has 130 valence electrons. The summed E-state index contributed by atoms with van der Waals surface area (Å²) >= 11 is 0. The second-order valence-electron chi connectivity index (χ2n) is 5.87. The average Bonchev–Trinajstić information content (AvgIpc) is 2.62. The molecule has 0 bridgehead atoms. The molecule has 0 aromatic heterocycles. The van der Waals surface area contributed by atoms with Crippen LogP contribution < -0.4 is 4.90 Å². The van der Waals surface area contributed by atoms with Crippen molar-refractivity contribution in [2.45, 2.75) is 13.0 Å². The van der Waals surface area contributed by atoms with E-state index in [2.05, 4.69) is 0 Å². The number of ketones is 1. The number of carbonyl (C=O) groups excluding carboxylic acids is 1. The van der Waals surface area contributed by atoms with Gasteiger partial charge in [-0.25, -0.2) is 4.39 Å². The van der Waals surface area contributed by atoms with Crippen LogP contribution in [0.4, 0.5) is 15.8 Å². The highest BCUT2D eigenvalue weighted by Crippen LogP contribution is 2.33. The number of Topliss-reactive ketones (excluding diaryl/α,β-unsaturated/α-hetero) is 1. The van der Waals surface area contributed by atoms with Crippen LogP contribution in [0, 0.1) is 15.9 Å². The third-order valence-electron chi connectivity index (χ3n) is 4.23. The predicted octanol–water partition coefficient (Wildman–Crippen LogP) is 3.51. The van der Waals surface area contributed by atoms with Crippen molar-refractivity contribution >= 4 is 17.2 Å². The monoisotopic (exact) mass is 344 g/mol. The number of halogens is 1. The van der Waals surface area contributed by atoms with E-state index in [1.807, 2.05) is 4.90 Å². The van der Waals surface area contributed by atoms with Gasteiger partial charge in [-0.1, -0.05) is 12.1 Å². The number of benzene rings is 2. The normalized spacial score (nSPS) is 17.4. The molecule has 3 rings (SSSR count). The fourth-order valence-corrected chi connectivity index (χ4v) is 2.90. The van der Waals surface area contributed by atoms with Gasteiger partial charge in [-0.3, -0.25) is 14.9 Å². The molecule has 25 heavy (non-hydrogen) atoms. The standard InChI is InChI=1S/C18H17FN2O4/c1-12(22)14-4-7-16(17(10-14)21(23)24)20-8-9-25-18(11-20)13-2-5-15(19)6-3-13/h2-7,10,18H,8-9,11H2,1H3. The lowest BCUT2D eigenvalue weighted by Gasteiger charge is -2.34. The molecule has 1 saturated heterocycles. The van der Waals surface area contributed by atoms with Crippen LogP contribution in [0.15, 0.2) is 42.5 Å². The highest BCUT2D eigenvalue weighted by atomic mass is 19.1. The Kier molecular flexibility index (Phi) is 4.76. The fraction of sp³-hybridized carbons (Fsp3) is 0.278. The molecule has 1 unspecified atom stereocenters. The van der Waals surface area contributed by atoms with Gasteiger partial charge in [-0.05, 0) is 36.8 Å². The van der Waals surface area contributed by atoms with Gasteiger partial charge in [0, 0.05) is 24.7 Å². The predicted molar refractivity (Wildman–Crippen MR) is 90.4 cm³/mol. The Hall–Kier alpha value is -2.80. The van der Waals surface area contributed by atoms with E-state index in [1.165, 1.54) is 25.1 Å². The summed E-state index contributed by atoms with van der Waals surface area (Å²) in [5.41, 5.74) is 1.46. The van der Waals surface area contributed by atoms with E-state index < -0.39 is 4.92 Å². The molecule has 0 spiro atoms. The summed E-state index contributed by atoms with van der Waals surface area (Å²) in [5, 5.41) is 11.4. The summed E-state index contributed by atoms with van der Waals surface area (Å²) in [5.74, 6) is -0.548. The molecule has 1 aliphatic heterocycles. The lowest BCUT2D eigenvalue weighted by Crippen LogP contribution is -2.38. The Balaban J connectivity index is 1.89. The molecule has 0 N–H and O–H groups in total. The molecule has 1 heterocycles. The number of nitro groups is 1. The molecule has 7 heteroatoms. The molecule has 1 aliphatic rings. The first-order valence-corrected chi connectivity index (χ1v) is 7.87. The Labute approximate surface area is 144 Å². The van der Waals surface area contributed by atoms with Crippen molar-refractivity contribution < 1.29 is 18.8 Å². The maximum Gasteiger partial charge on any atom is 0.293 e. The van der Waals surface area contributed by atoms with Gasteiger partial charge in [0.2, 0.25) is 0 Å². The van der Waals surface area contributed by atoms with Crippen molar-refractivity contribution in [2.24, 2.45) is 0 Å². The van der Waals surface area contributed by atoms with Gasteiger partial charge < -0.3 is 9.64 Å². The van der Waals surface area contributed by atoms with Gasteiger partial charge in [0.05, 0.1) is 11.5 Å². The van der Waals surface area contributed by atoms with Gasteiger partial charge in [0.1, 0.15) is 17.6 Å². The first-order chi connectivity index (χ1) is 12.0. The van der Waals surface area contributed by atoms with Crippen LogP contribution in [0.1, 0.15) is 28.9 Å². The highest BCUT2D eigenvalue weighted by Gasteiger charge is 2.27. The van der Waals surface area contributed by atoms with Crippen molar-refractivity contribution in [1.82, 2.24) is 0 Å². The number of anilines is 1. The van der Waals surface area contributed by atoms with Crippen LogP contribution in [-0.2, 0) is 4.74 Å². The summed E-state index contributed by atoms with van der Waals surface area (Å²) in [6, 6.07) is 10.5. The number of ether oxygens (including phenoxy) is 1. The molecule has 0 aliphatic carbocycles. The molecule has 2 aromatic rings. The second-order valence-corrected chi connectivity index (χ2v) is 5.87. The SMILES string of the molecule is CC(=O)c1ccc(N2CCOC(c3ccc(F)cc3)C2)c([N+](=O)[O-])c1. The number of rotatable bonds is 4. The van der Waals surface area contributed by atoms with E-state index in [4.69, 9.17) is 4.74 Å². The van der Waals surface area contributed by atoms with Crippen molar-refractivity contribution in [2.75, 3.05) is 24.6 Å². The van der Waals surface area contributed by atoms with Gasteiger partial charge >= 0.3 is 0 Å². The number of nitro benzene ring substituents is 1. The van der Waals surface area contributed by atoms with Crippen LogP contribution in [0.2, 0.25) is 0 Å². The quantitative estimate of drug-likeness (QED) is 0.482. The number of nitrogens with zero attached hydrogens (tertiary/aromatic N) is 2. The van der Waals surface area contributed by atoms with Crippen LogP contribution in [0.3, 0.4) is 0 Å². The summed E-state index contributed by atoms with van der Waals surface area (Å²) in [7, 11) is 0. The fourth-order valence-electron chi connectivity index (χ4n) is 2.90. The smallest absolute Gasteiger partial charge is 0.293 e. The van der Waals surface area contributed by atoms with Crippen LogP contribution in [0.25, 0.3) is 0 Å². The van der Waals surface area contributed by atoms with Crippen LogP contribution in [-0.4, -0.2) is 30.4 Å². The first-order valence-electron chi connectivity index (χ1n) is 7.87. The number of carbonyl (C=O) groups is 1. The highest BCUT2D eigenvalue weighted by molar-refractivity contribution is 5.95. The Morgan fingerprint density at radius 3 is 2.64 bits per heavy atom. The third kappa shape index (κ3) is 3.66. The van der Waals surface area contributed by atoms with Gasteiger partial charge in [0.25, 0.3) is 5.69 Å². The topological polar surface area (TPSA) is 72.7 Å². The van der Waals surface area contributed by atoms with E-state index in [0.717, 1.165) is 5.56 Å². The second kappa shape index (κ2) is 6.98. The molecule has 2 aromatic carbocycles. The minimum Gasteiger partial charge on any atom is -0.370 e. The lowest BCUT2D eigenvalue weighted by atomic mass is 10.1. The van der Waals surface area contributed by atoms with Gasteiger partial charge in [-0.2, -0.15) is 0 Å². The molecular formula is C18H17FN2O4. The average molecular weight is 344 g/mol. The van der Waals surface area contributed by atoms with Crippen molar-refractivity contribution in [3.8, 4) is 0 Å². The maximum atomic E-state index is 13.1. The van der Waals surface area contributed by atoms with Crippen molar-refractivity contribution in [3.63, 3.8) is 0 Å². The number of hydrogen-bond donors (Lipinski definition) is 0. The van der Waals surface area contributed by atoms with Gasteiger partial charge in [0.15, 0.2) is 5.78 Å². The molecule has 0 radical (unpaired) electrons. The Morgan fingerprint density at radius 1 is 1.28 bits per heavy atom. The lowest BCUT2D eigenvalue weighted by molar-refractivity contribution is -0.384. The molecule has 0 saturated carbocycles. The maximum absolute atomic E-state index is 13.1. The minimum absolute atomic E-state index is 0.104. The van der Waals surface area contributed by atoms with Crippen molar-refractivity contribution in [1.29, 1.82) is 0 Å². The van der Waals surface area contributed by atoms with Crippen LogP contribution >= 0.6 is 0 Å². The van der Waals surface area contributed by atoms with Crippen molar-refractivity contribution in [3.05, 3.63) is 69.5 Å². The Bertz CT molecular complexity index is 807. The molecular weight excluding hydrogens is 327 g/mol. The first kappa shape index (κ1) is 17.0.